The van der Waals surface area contributed by atoms with Gasteiger partial charge in [0.15, 0.2) is 5.16 Å². The Labute approximate surface area is 149 Å². The number of pyridine rings is 1. The third-order valence-corrected chi connectivity index (χ3v) is 3.80. The van der Waals surface area contributed by atoms with E-state index in [2.05, 4.69) is 20.3 Å². The molecule has 0 saturated carbocycles. The van der Waals surface area contributed by atoms with Crippen molar-refractivity contribution in [3.05, 3.63) is 66.1 Å². The van der Waals surface area contributed by atoms with Crippen molar-refractivity contribution < 1.29 is 9.53 Å². The van der Waals surface area contributed by atoms with Crippen LogP contribution in [0.4, 0.5) is 11.5 Å². The fraction of sp³-hybridized carbons (Fsp3) is 0.111. The number of ether oxygens (including phenoxy) is 1. The van der Waals surface area contributed by atoms with Crippen LogP contribution in [0.1, 0.15) is 16.1 Å². The number of aromatic nitrogens is 3. The van der Waals surface area contributed by atoms with Gasteiger partial charge in [-0.25, -0.2) is 14.8 Å². The highest BCUT2D eigenvalue weighted by molar-refractivity contribution is 7.98. The number of esters is 1. The Bertz CT molecular complexity index is 887. The lowest BCUT2D eigenvalue weighted by atomic mass is 10.2. The van der Waals surface area contributed by atoms with Crippen LogP contribution in [0.15, 0.2) is 60.0 Å². The molecule has 0 atom stereocenters. The van der Waals surface area contributed by atoms with Gasteiger partial charge in [0.2, 0.25) is 0 Å². The molecule has 0 aliphatic heterocycles. The fourth-order valence-electron chi connectivity index (χ4n) is 2.14. The highest BCUT2D eigenvalue weighted by atomic mass is 32.2. The molecule has 0 radical (unpaired) electrons. The average Bonchev–Trinajstić information content (AvgIpc) is 2.62. The van der Waals surface area contributed by atoms with Gasteiger partial charge < -0.3 is 10.1 Å². The van der Waals surface area contributed by atoms with Crippen molar-refractivity contribution in [1.29, 1.82) is 0 Å². The smallest absolute Gasteiger partial charge is 0.343 e. The monoisotopic (exact) mass is 352 g/mol. The molecule has 1 N–H and O–H groups in total. The number of anilines is 2. The van der Waals surface area contributed by atoms with Crippen LogP contribution in [0.3, 0.4) is 0 Å². The number of nitrogens with one attached hydrogen (secondary N) is 1. The normalized spacial score (nSPS) is 10.3. The number of aryl methyl sites for hydroxylation is 1. The van der Waals surface area contributed by atoms with Crippen molar-refractivity contribution in [2.45, 2.75) is 12.1 Å². The van der Waals surface area contributed by atoms with Gasteiger partial charge in [0.25, 0.3) is 0 Å². The standard InChI is InChI=1S/C18H16N4O2S/c1-12-10-16(22-18(20-12)25-2)21-14-4-3-5-15(11-14)24-17(23)13-6-8-19-9-7-13/h3-11H,1-2H3,(H,20,21,22). The predicted molar refractivity (Wildman–Crippen MR) is 97.5 cm³/mol. The van der Waals surface area contributed by atoms with Crippen molar-refractivity contribution in [3.63, 3.8) is 0 Å². The van der Waals surface area contributed by atoms with E-state index in [-0.39, 0.29) is 0 Å². The van der Waals surface area contributed by atoms with E-state index in [4.69, 9.17) is 4.74 Å². The Morgan fingerprint density at radius 2 is 1.92 bits per heavy atom. The maximum Gasteiger partial charge on any atom is 0.343 e. The van der Waals surface area contributed by atoms with E-state index in [9.17, 15) is 4.79 Å². The maximum absolute atomic E-state index is 12.1. The minimum Gasteiger partial charge on any atom is -0.423 e. The molecule has 0 fully saturated rings. The second-order valence-corrected chi connectivity index (χ2v) is 5.93. The average molecular weight is 352 g/mol. The van der Waals surface area contributed by atoms with Gasteiger partial charge >= 0.3 is 5.97 Å². The van der Waals surface area contributed by atoms with Crippen LogP contribution >= 0.6 is 11.8 Å². The van der Waals surface area contributed by atoms with Crippen LogP contribution in [0, 0.1) is 6.92 Å². The molecule has 3 aromatic rings. The summed E-state index contributed by atoms with van der Waals surface area (Å²) < 4.78 is 5.40. The van der Waals surface area contributed by atoms with Crippen LogP contribution in [0.5, 0.6) is 5.75 Å². The third kappa shape index (κ3) is 4.54. The number of carbonyl (C=O) groups excluding carboxylic acids is 1. The van der Waals surface area contributed by atoms with E-state index in [1.165, 1.54) is 11.8 Å². The molecule has 0 saturated heterocycles. The number of thioether (sulfide) groups is 1. The highest BCUT2D eigenvalue weighted by Crippen LogP contribution is 2.23. The summed E-state index contributed by atoms with van der Waals surface area (Å²) in [7, 11) is 0. The zero-order valence-electron chi connectivity index (χ0n) is 13.8. The quantitative estimate of drug-likeness (QED) is 0.323. The minimum atomic E-state index is -0.429. The molecule has 0 unspecified atom stereocenters. The summed E-state index contributed by atoms with van der Waals surface area (Å²) in [5.41, 5.74) is 2.09. The summed E-state index contributed by atoms with van der Waals surface area (Å²) in [6.45, 7) is 1.92. The topological polar surface area (TPSA) is 77.0 Å². The first-order valence-electron chi connectivity index (χ1n) is 7.53. The largest absolute Gasteiger partial charge is 0.423 e. The summed E-state index contributed by atoms with van der Waals surface area (Å²) in [5.74, 6) is 0.708. The van der Waals surface area contributed by atoms with Crippen LogP contribution in [-0.2, 0) is 0 Å². The molecule has 126 valence electrons. The lowest BCUT2D eigenvalue weighted by Crippen LogP contribution is -2.08. The zero-order valence-corrected chi connectivity index (χ0v) is 14.6. The van der Waals surface area contributed by atoms with Crippen molar-refractivity contribution in [2.24, 2.45) is 0 Å². The van der Waals surface area contributed by atoms with Crippen molar-refractivity contribution in [2.75, 3.05) is 11.6 Å². The Kier molecular flexibility index (Phi) is 5.25. The van der Waals surface area contributed by atoms with Crippen molar-refractivity contribution in [1.82, 2.24) is 15.0 Å². The van der Waals surface area contributed by atoms with Gasteiger partial charge in [-0.2, -0.15) is 0 Å². The van der Waals surface area contributed by atoms with E-state index in [0.29, 0.717) is 22.3 Å². The van der Waals surface area contributed by atoms with E-state index < -0.39 is 5.97 Å². The molecule has 1 aromatic carbocycles. The molecule has 0 bridgehead atoms. The highest BCUT2D eigenvalue weighted by Gasteiger charge is 2.09. The van der Waals surface area contributed by atoms with E-state index in [1.54, 1.807) is 42.7 Å². The first-order chi connectivity index (χ1) is 12.1. The lowest BCUT2D eigenvalue weighted by Gasteiger charge is -2.09. The molecule has 0 aliphatic carbocycles. The molecule has 0 aliphatic rings. The summed E-state index contributed by atoms with van der Waals surface area (Å²) >= 11 is 1.48. The SMILES string of the molecule is CSc1nc(C)cc(Nc2cccc(OC(=O)c3ccncc3)c2)n1. The summed E-state index contributed by atoms with van der Waals surface area (Å²) in [4.78, 5) is 24.7. The molecular formula is C18H16N4O2S. The Balaban J connectivity index is 1.75. The third-order valence-electron chi connectivity index (χ3n) is 3.25. The number of benzene rings is 1. The van der Waals surface area contributed by atoms with Gasteiger partial charge in [0.1, 0.15) is 11.6 Å². The predicted octanol–water partition coefficient (Wildman–Crippen LogP) is 3.86. The summed E-state index contributed by atoms with van der Waals surface area (Å²) in [5, 5.41) is 3.90. The molecule has 0 spiro atoms. The van der Waals surface area contributed by atoms with Gasteiger partial charge in [-0.15, -0.1) is 0 Å². The molecule has 2 aromatic heterocycles. The van der Waals surface area contributed by atoms with Crippen molar-refractivity contribution in [3.8, 4) is 5.75 Å². The second kappa shape index (κ2) is 7.76. The molecule has 3 rings (SSSR count). The van der Waals surface area contributed by atoms with Crippen LogP contribution in [0.2, 0.25) is 0 Å². The number of hydrogen-bond acceptors (Lipinski definition) is 7. The van der Waals surface area contributed by atoms with E-state index >= 15 is 0 Å². The van der Waals surface area contributed by atoms with Gasteiger partial charge in [-0.05, 0) is 37.4 Å². The van der Waals surface area contributed by atoms with Crippen molar-refractivity contribution >= 4 is 29.2 Å². The number of nitrogens with zero attached hydrogens (tertiary/aromatic N) is 3. The molecule has 25 heavy (non-hydrogen) atoms. The number of hydrogen-bond donors (Lipinski definition) is 1. The summed E-state index contributed by atoms with van der Waals surface area (Å²) in [6, 6.07) is 12.2. The molecular weight excluding hydrogens is 336 g/mol. The Morgan fingerprint density at radius 3 is 2.68 bits per heavy atom. The number of carbonyl (C=O) groups is 1. The second-order valence-electron chi connectivity index (χ2n) is 5.16. The van der Waals surface area contributed by atoms with Gasteiger partial charge in [0.05, 0.1) is 5.56 Å². The molecule has 7 heteroatoms. The minimum absolute atomic E-state index is 0.429. The first kappa shape index (κ1) is 16.9. The fourth-order valence-corrected chi connectivity index (χ4v) is 2.56. The van der Waals surface area contributed by atoms with Crippen LogP contribution in [0.25, 0.3) is 0 Å². The Hall–Kier alpha value is -2.93. The molecule has 2 heterocycles. The Morgan fingerprint density at radius 1 is 1.12 bits per heavy atom. The van der Waals surface area contributed by atoms with E-state index in [1.807, 2.05) is 25.3 Å². The van der Waals surface area contributed by atoms with E-state index in [0.717, 1.165) is 11.4 Å². The van der Waals surface area contributed by atoms with Crippen LogP contribution in [-0.4, -0.2) is 27.2 Å². The lowest BCUT2D eigenvalue weighted by molar-refractivity contribution is 0.0735. The molecule has 6 nitrogen and oxygen atoms in total. The van der Waals surface area contributed by atoms with Crippen LogP contribution < -0.4 is 10.1 Å². The first-order valence-corrected chi connectivity index (χ1v) is 8.75. The summed E-state index contributed by atoms with van der Waals surface area (Å²) in [6.07, 6.45) is 5.03. The van der Waals surface area contributed by atoms with Gasteiger partial charge in [-0.1, -0.05) is 17.8 Å². The molecule has 0 amide bonds. The van der Waals surface area contributed by atoms with Gasteiger partial charge in [-0.3, -0.25) is 4.98 Å². The number of rotatable bonds is 5. The van der Waals surface area contributed by atoms with Gasteiger partial charge in [0, 0.05) is 35.9 Å². The zero-order chi connectivity index (χ0) is 17.6. The maximum atomic E-state index is 12.1.